The maximum absolute atomic E-state index is 14.3. The van der Waals surface area contributed by atoms with E-state index < -0.39 is 29.2 Å². The summed E-state index contributed by atoms with van der Waals surface area (Å²) >= 11 is 6.43. The number of urea groups is 1. The van der Waals surface area contributed by atoms with Crippen LogP contribution in [-0.4, -0.2) is 24.5 Å². The second-order valence-corrected chi connectivity index (χ2v) is 7.99. The second kappa shape index (κ2) is 10.6. The minimum absolute atomic E-state index is 0.0844. The largest absolute Gasteiger partial charge is 0.490 e. The molecule has 0 spiro atoms. The van der Waals surface area contributed by atoms with Gasteiger partial charge in [0, 0.05) is 0 Å². The third-order valence-corrected chi connectivity index (χ3v) is 5.41. The Kier molecular flexibility index (Phi) is 7.30. The standard InChI is InChI=1S/C26H19ClF2N2O5/c1-2-35-22-13-16(12-19(27)23(22)36-14-15-7-9-17(28)10-8-15)11-18-24(32)30-26(34)31(25(18)33)21-6-4-3-5-20(21)29/h3-13H,2,14H2,1H3,(H,30,32,34)/b18-11-. The van der Waals surface area contributed by atoms with Crippen molar-refractivity contribution in [1.29, 1.82) is 0 Å². The molecule has 4 amide bonds. The number of halogens is 3. The predicted octanol–water partition coefficient (Wildman–Crippen LogP) is 5.26. The van der Waals surface area contributed by atoms with Gasteiger partial charge in [-0.2, -0.15) is 0 Å². The van der Waals surface area contributed by atoms with E-state index in [4.69, 9.17) is 21.1 Å². The number of anilines is 1. The molecule has 0 atom stereocenters. The number of benzene rings is 3. The number of imide groups is 2. The number of rotatable bonds is 7. The fourth-order valence-corrected chi connectivity index (χ4v) is 3.76. The van der Waals surface area contributed by atoms with Crippen LogP contribution < -0.4 is 19.7 Å². The van der Waals surface area contributed by atoms with Crippen LogP contribution in [0.3, 0.4) is 0 Å². The van der Waals surface area contributed by atoms with Gasteiger partial charge in [-0.25, -0.2) is 18.5 Å². The summed E-state index contributed by atoms with van der Waals surface area (Å²) in [4.78, 5) is 38.4. The van der Waals surface area contributed by atoms with Gasteiger partial charge in [-0.1, -0.05) is 35.9 Å². The molecule has 3 aromatic carbocycles. The summed E-state index contributed by atoms with van der Waals surface area (Å²) in [5.74, 6) is -2.67. The number of barbiturate groups is 1. The van der Waals surface area contributed by atoms with Gasteiger partial charge in [0.15, 0.2) is 11.5 Å². The van der Waals surface area contributed by atoms with Crippen LogP contribution in [0.15, 0.2) is 66.2 Å². The Labute approximate surface area is 209 Å². The first-order chi connectivity index (χ1) is 17.3. The van der Waals surface area contributed by atoms with Crippen molar-refractivity contribution in [2.45, 2.75) is 13.5 Å². The van der Waals surface area contributed by atoms with Crippen LogP contribution in [0, 0.1) is 11.6 Å². The molecular weight excluding hydrogens is 494 g/mol. The van der Waals surface area contributed by atoms with Crippen molar-refractivity contribution in [1.82, 2.24) is 5.32 Å². The third-order valence-electron chi connectivity index (χ3n) is 5.13. The monoisotopic (exact) mass is 512 g/mol. The fraction of sp³-hybridized carbons (Fsp3) is 0.115. The van der Waals surface area contributed by atoms with E-state index in [1.165, 1.54) is 48.5 Å². The van der Waals surface area contributed by atoms with Gasteiger partial charge in [0.25, 0.3) is 11.8 Å². The lowest BCUT2D eigenvalue weighted by Crippen LogP contribution is -2.54. The molecule has 4 rings (SSSR count). The number of para-hydroxylation sites is 1. The molecule has 1 saturated heterocycles. The van der Waals surface area contributed by atoms with Crippen molar-refractivity contribution < 1.29 is 32.6 Å². The van der Waals surface area contributed by atoms with Crippen LogP contribution in [0.5, 0.6) is 11.5 Å². The van der Waals surface area contributed by atoms with Crippen LogP contribution in [0.1, 0.15) is 18.1 Å². The summed E-state index contributed by atoms with van der Waals surface area (Å²) in [5.41, 5.74) is 0.301. The van der Waals surface area contributed by atoms with Gasteiger partial charge in [-0.05, 0) is 60.5 Å². The number of nitrogens with zero attached hydrogens (tertiary/aromatic N) is 1. The molecular formula is C26H19ClF2N2O5. The van der Waals surface area contributed by atoms with Crippen molar-refractivity contribution in [3.05, 3.63) is 94.0 Å². The molecule has 0 radical (unpaired) electrons. The first kappa shape index (κ1) is 24.9. The summed E-state index contributed by atoms with van der Waals surface area (Å²) in [7, 11) is 0. The minimum Gasteiger partial charge on any atom is -0.490 e. The van der Waals surface area contributed by atoms with E-state index in [-0.39, 0.29) is 41.2 Å². The number of hydrogen-bond acceptors (Lipinski definition) is 5. The van der Waals surface area contributed by atoms with Crippen molar-refractivity contribution in [2.24, 2.45) is 0 Å². The molecule has 1 aliphatic heterocycles. The summed E-state index contributed by atoms with van der Waals surface area (Å²) in [6, 6.07) is 12.8. The van der Waals surface area contributed by atoms with Gasteiger partial charge in [0.2, 0.25) is 0 Å². The number of carbonyl (C=O) groups excluding carboxylic acids is 3. The van der Waals surface area contributed by atoms with Crippen LogP contribution in [-0.2, 0) is 16.2 Å². The van der Waals surface area contributed by atoms with E-state index in [0.29, 0.717) is 16.0 Å². The number of carbonyl (C=O) groups is 3. The third kappa shape index (κ3) is 5.21. The Morgan fingerprint density at radius 3 is 2.42 bits per heavy atom. The number of nitrogens with one attached hydrogen (secondary N) is 1. The summed E-state index contributed by atoms with van der Waals surface area (Å²) in [5, 5.41) is 2.17. The highest BCUT2D eigenvalue weighted by Crippen LogP contribution is 2.38. The van der Waals surface area contributed by atoms with E-state index in [1.807, 2.05) is 5.32 Å². The Morgan fingerprint density at radius 1 is 1.00 bits per heavy atom. The fourth-order valence-electron chi connectivity index (χ4n) is 3.49. The van der Waals surface area contributed by atoms with Crippen LogP contribution in [0.2, 0.25) is 5.02 Å². The van der Waals surface area contributed by atoms with Crippen molar-refractivity contribution in [3.63, 3.8) is 0 Å². The normalized spacial score (nSPS) is 14.7. The molecule has 0 bridgehead atoms. The zero-order chi connectivity index (χ0) is 25.8. The number of amides is 4. The zero-order valence-corrected chi connectivity index (χ0v) is 19.6. The minimum atomic E-state index is -1.06. The maximum atomic E-state index is 14.3. The lowest BCUT2D eigenvalue weighted by atomic mass is 10.1. The quantitative estimate of drug-likeness (QED) is 0.345. The average molecular weight is 513 g/mol. The summed E-state index contributed by atoms with van der Waals surface area (Å²) in [6.07, 6.45) is 1.22. The van der Waals surface area contributed by atoms with Crippen molar-refractivity contribution in [2.75, 3.05) is 11.5 Å². The summed E-state index contributed by atoms with van der Waals surface area (Å²) < 4.78 is 38.9. The van der Waals surface area contributed by atoms with Crippen LogP contribution in [0.25, 0.3) is 6.08 Å². The van der Waals surface area contributed by atoms with Crippen molar-refractivity contribution >= 4 is 41.2 Å². The molecule has 0 aromatic heterocycles. The molecule has 1 aliphatic rings. The highest BCUT2D eigenvalue weighted by molar-refractivity contribution is 6.39. The molecule has 1 N–H and O–H groups in total. The average Bonchev–Trinajstić information content (AvgIpc) is 2.83. The van der Waals surface area contributed by atoms with Gasteiger partial charge in [0.1, 0.15) is 23.8 Å². The maximum Gasteiger partial charge on any atom is 0.336 e. The molecule has 3 aromatic rings. The lowest BCUT2D eigenvalue weighted by Gasteiger charge is -2.26. The Bertz CT molecular complexity index is 1380. The lowest BCUT2D eigenvalue weighted by molar-refractivity contribution is -0.122. The van der Waals surface area contributed by atoms with Gasteiger partial charge in [0.05, 0.1) is 17.3 Å². The van der Waals surface area contributed by atoms with Gasteiger partial charge < -0.3 is 9.47 Å². The van der Waals surface area contributed by atoms with Crippen LogP contribution in [0.4, 0.5) is 19.3 Å². The van der Waals surface area contributed by atoms with E-state index in [1.54, 1.807) is 19.1 Å². The van der Waals surface area contributed by atoms with Gasteiger partial charge in [-0.3, -0.25) is 14.9 Å². The molecule has 36 heavy (non-hydrogen) atoms. The van der Waals surface area contributed by atoms with Gasteiger partial charge in [-0.15, -0.1) is 0 Å². The highest BCUT2D eigenvalue weighted by atomic mass is 35.5. The highest BCUT2D eigenvalue weighted by Gasteiger charge is 2.38. The molecule has 10 heteroatoms. The Balaban J connectivity index is 1.66. The van der Waals surface area contributed by atoms with E-state index in [2.05, 4.69) is 0 Å². The predicted molar refractivity (Wildman–Crippen MR) is 129 cm³/mol. The van der Waals surface area contributed by atoms with E-state index >= 15 is 0 Å². The topological polar surface area (TPSA) is 84.9 Å². The summed E-state index contributed by atoms with van der Waals surface area (Å²) in [6.45, 7) is 2.10. The van der Waals surface area contributed by atoms with E-state index in [9.17, 15) is 23.2 Å². The first-order valence-electron chi connectivity index (χ1n) is 10.8. The number of hydrogen-bond donors (Lipinski definition) is 1. The molecule has 0 unspecified atom stereocenters. The van der Waals surface area contributed by atoms with Crippen molar-refractivity contribution in [3.8, 4) is 11.5 Å². The Hall–Kier alpha value is -4.24. The van der Waals surface area contributed by atoms with Crippen LogP contribution >= 0.6 is 11.6 Å². The van der Waals surface area contributed by atoms with Gasteiger partial charge >= 0.3 is 6.03 Å². The molecule has 7 nitrogen and oxygen atoms in total. The first-order valence-corrected chi connectivity index (χ1v) is 11.2. The molecule has 1 fully saturated rings. The molecule has 0 aliphatic carbocycles. The van der Waals surface area contributed by atoms with E-state index in [0.717, 1.165) is 6.07 Å². The molecule has 184 valence electrons. The smallest absolute Gasteiger partial charge is 0.336 e. The zero-order valence-electron chi connectivity index (χ0n) is 18.9. The Morgan fingerprint density at radius 2 is 1.72 bits per heavy atom. The molecule has 1 heterocycles. The SMILES string of the molecule is CCOc1cc(/C=C2/C(=O)NC(=O)N(c3ccccc3F)C2=O)cc(Cl)c1OCc1ccc(F)cc1. The number of ether oxygens (including phenoxy) is 2. The molecule has 0 saturated carbocycles. The second-order valence-electron chi connectivity index (χ2n) is 7.59.